The fraction of sp³-hybridized carbons (Fsp3) is 0.724. The van der Waals surface area contributed by atoms with Gasteiger partial charge in [-0.25, -0.2) is 0 Å². The minimum Gasteiger partial charge on any atom is -0.323 e. The topological polar surface area (TPSA) is 12.0 Å². The molecule has 0 fully saturated rings. The molecule has 0 spiro atoms. The van der Waals surface area contributed by atoms with Crippen LogP contribution in [0.3, 0.4) is 0 Å². The van der Waals surface area contributed by atoms with E-state index < -0.39 is 0 Å². The summed E-state index contributed by atoms with van der Waals surface area (Å²) in [6.45, 7) is 6.17. The number of rotatable bonds is 19. The van der Waals surface area contributed by atoms with Crippen LogP contribution in [0.1, 0.15) is 126 Å². The van der Waals surface area contributed by atoms with Crippen molar-refractivity contribution in [2.45, 2.75) is 122 Å². The molecule has 0 aliphatic carbocycles. The van der Waals surface area contributed by atoms with E-state index in [-0.39, 0.29) is 0 Å². The van der Waals surface area contributed by atoms with Gasteiger partial charge in [-0.15, -0.1) is 11.6 Å². The standard InChI is InChI=1S/C27H45Cl.C2H7N/c1-3-5-6-7-8-9-10-11-12-13-14-15-16-17-18-19-20-26-23-25(4-2)21-22-27(26)24-28;1-3-2/h4,21-23H,2-3,5-20,24H2,1H3;3H,1-2H3. The van der Waals surface area contributed by atoms with E-state index in [1.165, 1.54) is 119 Å². The summed E-state index contributed by atoms with van der Waals surface area (Å²) in [6, 6.07) is 6.53. The molecule has 0 aliphatic heterocycles. The van der Waals surface area contributed by atoms with Crippen molar-refractivity contribution in [3.8, 4) is 0 Å². The van der Waals surface area contributed by atoms with Crippen molar-refractivity contribution in [2.24, 2.45) is 0 Å². The second-order valence-corrected chi connectivity index (χ2v) is 9.19. The maximum absolute atomic E-state index is 6.08. The smallest absolute Gasteiger partial charge is 0.0476 e. The molecule has 31 heavy (non-hydrogen) atoms. The predicted molar refractivity (Wildman–Crippen MR) is 144 cm³/mol. The summed E-state index contributed by atoms with van der Waals surface area (Å²) in [6.07, 6.45) is 25.8. The van der Waals surface area contributed by atoms with E-state index in [1.807, 2.05) is 20.2 Å². The lowest BCUT2D eigenvalue weighted by atomic mass is 9.98. The van der Waals surface area contributed by atoms with Crippen LogP contribution in [0.5, 0.6) is 0 Å². The molecule has 1 aromatic rings. The molecule has 0 heterocycles. The number of halogens is 1. The van der Waals surface area contributed by atoms with E-state index in [9.17, 15) is 0 Å². The molecule has 0 atom stereocenters. The van der Waals surface area contributed by atoms with Crippen molar-refractivity contribution < 1.29 is 0 Å². The first kappa shape index (κ1) is 30.2. The molecule has 0 radical (unpaired) electrons. The van der Waals surface area contributed by atoms with Gasteiger partial charge in [0.2, 0.25) is 0 Å². The number of hydrogen-bond acceptors (Lipinski definition) is 1. The van der Waals surface area contributed by atoms with Crippen molar-refractivity contribution in [2.75, 3.05) is 14.1 Å². The lowest BCUT2D eigenvalue weighted by molar-refractivity contribution is 0.529. The van der Waals surface area contributed by atoms with Gasteiger partial charge in [0, 0.05) is 5.88 Å². The van der Waals surface area contributed by atoms with E-state index >= 15 is 0 Å². The first-order valence-electron chi connectivity index (χ1n) is 13.1. The van der Waals surface area contributed by atoms with Gasteiger partial charge in [-0.3, -0.25) is 0 Å². The quantitative estimate of drug-likeness (QED) is 0.163. The second-order valence-electron chi connectivity index (χ2n) is 8.92. The van der Waals surface area contributed by atoms with Gasteiger partial charge >= 0.3 is 0 Å². The average Bonchev–Trinajstić information content (AvgIpc) is 2.79. The summed E-state index contributed by atoms with van der Waals surface area (Å²) in [5.41, 5.74) is 3.91. The van der Waals surface area contributed by atoms with E-state index in [2.05, 4.69) is 37.0 Å². The Morgan fingerprint density at radius 3 is 1.52 bits per heavy atom. The highest BCUT2D eigenvalue weighted by Crippen LogP contribution is 2.19. The summed E-state index contributed by atoms with van der Waals surface area (Å²) in [7, 11) is 3.75. The van der Waals surface area contributed by atoms with Gasteiger partial charge in [-0.2, -0.15) is 0 Å². The molecule has 1 N–H and O–H groups in total. The number of alkyl halides is 1. The van der Waals surface area contributed by atoms with Crippen LogP contribution in [0.2, 0.25) is 0 Å². The molecule has 0 saturated carbocycles. The van der Waals surface area contributed by atoms with Crippen LogP contribution in [-0.2, 0) is 12.3 Å². The number of nitrogens with one attached hydrogen (secondary N) is 1. The highest BCUT2D eigenvalue weighted by atomic mass is 35.5. The minimum atomic E-state index is 0.617. The van der Waals surface area contributed by atoms with Crippen molar-refractivity contribution in [3.05, 3.63) is 41.5 Å². The molecule has 0 unspecified atom stereocenters. The largest absolute Gasteiger partial charge is 0.323 e. The molecule has 1 rings (SSSR count). The van der Waals surface area contributed by atoms with Crippen LogP contribution >= 0.6 is 11.6 Å². The van der Waals surface area contributed by atoms with Gasteiger partial charge in [-0.05, 0) is 43.6 Å². The monoisotopic (exact) mass is 449 g/mol. The third kappa shape index (κ3) is 18.5. The third-order valence-electron chi connectivity index (χ3n) is 5.91. The highest BCUT2D eigenvalue weighted by molar-refractivity contribution is 6.17. The molecule has 180 valence electrons. The fourth-order valence-electron chi connectivity index (χ4n) is 4.00. The molecule has 1 aromatic carbocycles. The van der Waals surface area contributed by atoms with Crippen molar-refractivity contribution in [1.29, 1.82) is 0 Å². The van der Waals surface area contributed by atoms with Gasteiger partial charge in [0.15, 0.2) is 0 Å². The van der Waals surface area contributed by atoms with Gasteiger partial charge in [0.25, 0.3) is 0 Å². The van der Waals surface area contributed by atoms with Crippen LogP contribution in [-0.4, -0.2) is 14.1 Å². The predicted octanol–water partition coefficient (Wildman–Crippen LogP) is 9.71. The second kappa shape index (κ2) is 23.9. The molecule has 0 amide bonds. The molecule has 0 saturated heterocycles. The van der Waals surface area contributed by atoms with E-state index in [4.69, 9.17) is 11.6 Å². The summed E-state index contributed by atoms with van der Waals surface area (Å²) in [5.74, 6) is 0.617. The maximum atomic E-state index is 6.08. The number of aryl methyl sites for hydroxylation is 1. The maximum Gasteiger partial charge on any atom is 0.0476 e. The van der Waals surface area contributed by atoms with Gasteiger partial charge < -0.3 is 5.32 Å². The zero-order valence-corrected chi connectivity index (χ0v) is 21.9. The fourth-order valence-corrected chi connectivity index (χ4v) is 4.26. The Bertz CT molecular complexity index is 511. The van der Waals surface area contributed by atoms with Gasteiger partial charge in [0.1, 0.15) is 0 Å². The Balaban J connectivity index is 0.00000282. The molecule has 1 nitrogen and oxygen atoms in total. The highest BCUT2D eigenvalue weighted by Gasteiger charge is 2.02. The van der Waals surface area contributed by atoms with E-state index in [0.717, 1.165) is 6.42 Å². The van der Waals surface area contributed by atoms with E-state index in [0.29, 0.717) is 5.88 Å². The zero-order valence-electron chi connectivity index (χ0n) is 21.1. The van der Waals surface area contributed by atoms with Crippen LogP contribution in [0, 0.1) is 0 Å². The summed E-state index contributed by atoms with van der Waals surface area (Å²) >= 11 is 6.08. The first-order valence-corrected chi connectivity index (χ1v) is 13.7. The Hall–Kier alpha value is -0.790. The van der Waals surface area contributed by atoms with Crippen LogP contribution < -0.4 is 5.32 Å². The van der Waals surface area contributed by atoms with Crippen LogP contribution in [0.15, 0.2) is 24.8 Å². The Morgan fingerprint density at radius 1 is 0.710 bits per heavy atom. The minimum absolute atomic E-state index is 0.617. The van der Waals surface area contributed by atoms with Crippen LogP contribution in [0.4, 0.5) is 0 Å². The molecule has 2 heteroatoms. The molecular weight excluding hydrogens is 398 g/mol. The Morgan fingerprint density at radius 2 is 1.13 bits per heavy atom. The van der Waals surface area contributed by atoms with E-state index in [1.54, 1.807) is 0 Å². The number of hydrogen-bond donors (Lipinski definition) is 1. The van der Waals surface area contributed by atoms with Gasteiger partial charge in [0.05, 0.1) is 0 Å². The van der Waals surface area contributed by atoms with Crippen molar-refractivity contribution in [1.82, 2.24) is 5.32 Å². The molecule has 0 aliphatic rings. The lowest BCUT2D eigenvalue weighted by Crippen LogP contribution is -1.93. The zero-order chi connectivity index (χ0) is 23.0. The summed E-state index contributed by atoms with van der Waals surface area (Å²) in [4.78, 5) is 0. The van der Waals surface area contributed by atoms with Crippen molar-refractivity contribution >= 4 is 17.7 Å². The van der Waals surface area contributed by atoms with Crippen LogP contribution in [0.25, 0.3) is 6.08 Å². The Kier molecular flexibility index (Phi) is 23.3. The molecule has 0 aromatic heterocycles. The molecular formula is C29H52ClN. The SMILES string of the molecule is C=Cc1ccc(CCl)c(CCCCCCCCCCCCCCCCCC)c1.CNC. The number of unbranched alkanes of at least 4 members (excludes halogenated alkanes) is 15. The average molecular weight is 450 g/mol. The van der Waals surface area contributed by atoms with Gasteiger partial charge in [-0.1, -0.05) is 134 Å². The van der Waals surface area contributed by atoms with Crippen molar-refractivity contribution in [3.63, 3.8) is 0 Å². The first-order chi connectivity index (χ1) is 15.2. The summed E-state index contributed by atoms with van der Waals surface area (Å²) in [5, 5.41) is 2.75. The lowest BCUT2D eigenvalue weighted by Gasteiger charge is -2.09. The Labute approximate surface area is 200 Å². The molecule has 0 bridgehead atoms. The summed E-state index contributed by atoms with van der Waals surface area (Å²) < 4.78 is 0. The number of benzene rings is 1. The normalized spacial score (nSPS) is 10.6. The third-order valence-corrected chi connectivity index (χ3v) is 6.20.